The summed E-state index contributed by atoms with van der Waals surface area (Å²) in [6.45, 7) is 4.55. The quantitative estimate of drug-likeness (QED) is 0.501. The lowest BCUT2D eigenvalue weighted by Gasteiger charge is -2.34. The minimum Gasteiger partial charge on any atom is -0.495 e. The summed E-state index contributed by atoms with van der Waals surface area (Å²) < 4.78 is 39.9. The fraction of sp³-hybridized carbons (Fsp3) is 0.500. The van der Waals surface area contributed by atoms with Crippen molar-refractivity contribution >= 4 is 27.4 Å². The van der Waals surface area contributed by atoms with E-state index in [4.69, 9.17) is 19.2 Å². The summed E-state index contributed by atoms with van der Waals surface area (Å²) in [5, 5.41) is 5.42. The Labute approximate surface area is 199 Å². The maximum absolute atomic E-state index is 12.1. The number of benzene rings is 1. The molecule has 2 heterocycles. The molecular formula is C22H31N5O6S. The summed E-state index contributed by atoms with van der Waals surface area (Å²) in [6, 6.07) is 6.55. The second-order valence-corrected chi connectivity index (χ2v) is 10.2. The van der Waals surface area contributed by atoms with Crippen LogP contribution in [0.25, 0.3) is 11.4 Å². The van der Waals surface area contributed by atoms with Gasteiger partial charge in [-0.3, -0.25) is 0 Å². The Balaban J connectivity index is 1.94. The number of morpholine rings is 1. The van der Waals surface area contributed by atoms with Crippen molar-refractivity contribution in [1.82, 2.24) is 15.3 Å². The van der Waals surface area contributed by atoms with Crippen molar-refractivity contribution in [2.75, 3.05) is 63.6 Å². The highest BCUT2D eigenvalue weighted by Crippen LogP contribution is 2.31. The van der Waals surface area contributed by atoms with Crippen LogP contribution in [-0.4, -0.2) is 83.8 Å². The monoisotopic (exact) mass is 493 g/mol. The van der Waals surface area contributed by atoms with Crippen molar-refractivity contribution in [3.63, 3.8) is 0 Å². The third-order valence-electron chi connectivity index (χ3n) is 5.14. The standard InChI is InChI=1S/C22H31N5O6S/c1-15-13-33-10-8-27(15)20-12-17(14-34(4,29)30)24-21(26-20)16-5-6-18(19(11-16)32-3)25-22(28)23-7-9-31-2/h5-6,11-12,15H,7-10,13-14H2,1-4H3,(H2,23,25,28)/t15-/m1/s1. The number of nitrogens with one attached hydrogen (secondary N) is 2. The zero-order valence-electron chi connectivity index (χ0n) is 19.8. The number of nitrogens with zero attached hydrogens (tertiary/aromatic N) is 3. The van der Waals surface area contributed by atoms with Crippen LogP contribution in [0.5, 0.6) is 5.75 Å². The van der Waals surface area contributed by atoms with Gasteiger partial charge in [0, 0.05) is 38.1 Å². The van der Waals surface area contributed by atoms with Crippen LogP contribution in [0, 0.1) is 0 Å². The Hall–Kier alpha value is -2.96. The predicted molar refractivity (Wildman–Crippen MR) is 129 cm³/mol. The van der Waals surface area contributed by atoms with Gasteiger partial charge in [0.25, 0.3) is 0 Å². The van der Waals surface area contributed by atoms with Gasteiger partial charge >= 0.3 is 6.03 Å². The summed E-state index contributed by atoms with van der Waals surface area (Å²) in [7, 11) is -0.251. The Morgan fingerprint density at radius 3 is 2.74 bits per heavy atom. The summed E-state index contributed by atoms with van der Waals surface area (Å²) >= 11 is 0. The van der Waals surface area contributed by atoms with Gasteiger partial charge in [0.05, 0.1) is 50.1 Å². The van der Waals surface area contributed by atoms with Crippen LogP contribution in [0.1, 0.15) is 12.6 Å². The number of amides is 2. The smallest absolute Gasteiger partial charge is 0.319 e. The maximum atomic E-state index is 12.1. The summed E-state index contributed by atoms with van der Waals surface area (Å²) in [5.41, 5.74) is 1.50. The molecule has 0 aliphatic carbocycles. The minimum absolute atomic E-state index is 0.0836. The molecule has 2 amide bonds. The number of ether oxygens (including phenoxy) is 3. The third-order valence-corrected chi connectivity index (χ3v) is 5.96. The number of rotatable bonds is 9. The van der Waals surface area contributed by atoms with Gasteiger partial charge in [0.2, 0.25) is 0 Å². The number of carbonyl (C=O) groups excluding carboxylic acids is 1. The van der Waals surface area contributed by atoms with Gasteiger partial charge in [0.15, 0.2) is 15.7 Å². The lowest BCUT2D eigenvalue weighted by atomic mass is 10.1. The number of aromatic nitrogens is 2. The highest BCUT2D eigenvalue weighted by molar-refractivity contribution is 7.89. The van der Waals surface area contributed by atoms with E-state index >= 15 is 0 Å². The molecule has 1 saturated heterocycles. The van der Waals surface area contributed by atoms with E-state index in [0.29, 0.717) is 67.2 Å². The van der Waals surface area contributed by atoms with Crippen molar-refractivity contribution in [2.24, 2.45) is 0 Å². The zero-order valence-corrected chi connectivity index (χ0v) is 20.6. The van der Waals surface area contributed by atoms with Gasteiger partial charge in [-0.1, -0.05) is 0 Å². The molecule has 12 heteroatoms. The van der Waals surface area contributed by atoms with Crippen molar-refractivity contribution in [1.29, 1.82) is 0 Å². The minimum atomic E-state index is -3.30. The van der Waals surface area contributed by atoms with E-state index in [1.165, 1.54) is 13.4 Å². The van der Waals surface area contributed by atoms with Gasteiger partial charge in [0.1, 0.15) is 11.6 Å². The van der Waals surface area contributed by atoms with Gasteiger partial charge in [-0.05, 0) is 25.1 Å². The number of methoxy groups -OCH3 is 2. The first-order chi connectivity index (χ1) is 16.2. The number of anilines is 2. The molecule has 0 unspecified atom stereocenters. The molecule has 1 aliphatic heterocycles. The predicted octanol–water partition coefficient (Wildman–Crippen LogP) is 1.69. The Morgan fingerprint density at radius 1 is 1.26 bits per heavy atom. The van der Waals surface area contributed by atoms with Gasteiger partial charge < -0.3 is 29.7 Å². The van der Waals surface area contributed by atoms with Gasteiger partial charge in [-0.25, -0.2) is 23.2 Å². The Kier molecular flexibility index (Phi) is 8.64. The van der Waals surface area contributed by atoms with E-state index in [0.717, 1.165) is 0 Å². The highest BCUT2D eigenvalue weighted by Gasteiger charge is 2.23. The zero-order chi connectivity index (χ0) is 24.7. The normalized spacial score (nSPS) is 16.2. The lowest BCUT2D eigenvalue weighted by Crippen LogP contribution is -2.44. The molecule has 2 N–H and O–H groups in total. The third kappa shape index (κ3) is 7.02. The van der Waals surface area contributed by atoms with Crippen LogP contribution in [0.3, 0.4) is 0 Å². The van der Waals surface area contributed by atoms with E-state index in [9.17, 15) is 13.2 Å². The van der Waals surface area contributed by atoms with Crippen molar-refractivity contribution in [3.8, 4) is 17.1 Å². The molecule has 2 aromatic rings. The van der Waals surface area contributed by atoms with E-state index in [1.54, 1.807) is 31.4 Å². The molecule has 1 fully saturated rings. The first kappa shape index (κ1) is 25.7. The molecule has 186 valence electrons. The molecule has 34 heavy (non-hydrogen) atoms. The molecule has 0 radical (unpaired) electrons. The Morgan fingerprint density at radius 2 is 2.06 bits per heavy atom. The van der Waals surface area contributed by atoms with Crippen molar-refractivity contribution < 1.29 is 27.4 Å². The van der Waals surface area contributed by atoms with E-state index in [-0.39, 0.29) is 11.8 Å². The van der Waals surface area contributed by atoms with Crippen LogP contribution in [0.2, 0.25) is 0 Å². The number of urea groups is 1. The number of sulfone groups is 1. The molecule has 3 rings (SSSR count). The maximum Gasteiger partial charge on any atom is 0.319 e. The number of hydrogen-bond donors (Lipinski definition) is 2. The molecule has 11 nitrogen and oxygen atoms in total. The first-order valence-electron chi connectivity index (χ1n) is 10.8. The molecule has 1 aromatic carbocycles. The fourth-order valence-corrected chi connectivity index (χ4v) is 4.22. The summed E-state index contributed by atoms with van der Waals surface area (Å²) in [6.07, 6.45) is 1.17. The molecule has 1 atom stereocenters. The summed E-state index contributed by atoms with van der Waals surface area (Å²) in [5.74, 6) is 1.22. The average Bonchev–Trinajstić information content (AvgIpc) is 2.78. The van der Waals surface area contributed by atoms with Crippen LogP contribution in [-0.2, 0) is 25.1 Å². The molecule has 0 spiro atoms. The average molecular weight is 494 g/mol. The summed E-state index contributed by atoms with van der Waals surface area (Å²) in [4.78, 5) is 23.4. The molecule has 1 aromatic heterocycles. The van der Waals surface area contributed by atoms with Crippen LogP contribution >= 0.6 is 0 Å². The van der Waals surface area contributed by atoms with E-state index in [2.05, 4.69) is 20.5 Å². The molecular weight excluding hydrogens is 462 g/mol. The second-order valence-electron chi connectivity index (χ2n) is 8.02. The number of carbonyl (C=O) groups is 1. The molecule has 0 bridgehead atoms. The van der Waals surface area contributed by atoms with Crippen molar-refractivity contribution in [3.05, 3.63) is 30.0 Å². The van der Waals surface area contributed by atoms with Crippen LogP contribution in [0.15, 0.2) is 24.3 Å². The molecule has 0 saturated carbocycles. The van der Waals surface area contributed by atoms with Crippen LogP contribution in [0.4, 0.5) is 16.3 Å². The van der Waals surface area contributed by atoms with E-state index < -0.39 is 15.9 Å². The van der Waals surface area contributed by atoms with Gasteiger partial charge in [-0.2, -0.15) is 0 Å². The fourth-order valence-electron chi connectivity index (χ4n) is 3.54. The number of hydrogen-bond acceptors (Lipinski definition) is 9. The lowest BCUT2D eigenvalue weighted by molar-refractivity contribution is 0.0985. The highest BCUT2D eigenvalue weighted by atomic mass is 32.2. The van der Waals surface area contributed by atoms with Gasteiger partial charge in [-0.15, -0.1) is 0 Å². The van der Waals surface area contributed by atoms with E-state index in [1.807, 2.05) is 6.92 Å². The van der Waals surface area contributed by atoms with Crippen molar-refractivity contribution in [2.45, 2.75) is 18.7 Å². The topological polar surface area (TPSA) is 132 Å². The second kappa shape index (κ2) is 11.4. The van der Waals surface area contributed by atoms with Crippen LogP contribution < -0.4 is 20.3 Å². The first-order valence-corrected chi connectivity index (χ1v) is 12.9. The molecule has 1 aliphatic rings. The largest absolute Gasteiger partial charge is 0.495 e. The SMILES string of the molecule is COCCNC(=O)Nc1ccc(-c2nc(CS(C)(=O)=O)cc(N3CCOC[C@H]3C)n2)cc1OC. The Bertz CT molecular complexity index is 1110.